The third kappa shape index (κ3) is 6.17. The summed E-state index contributed by atoms with van der Waals surface area (Å²) < 4.78 is 11.9. The van der Waals surface area contributed by atoms with Gasteiger partial charge in [-0.25, -0.2) is 9.48 Å². The molecule has 8 nitrogen and oxygen atoms in total. The fourth-order valence-electron chi connectivity index (χ4n) is 3.06. The Kier molecular flexibility index (Phi) is 7.09. The van der Waals surface area contributed by atoms with Crippen LogP contribution in [0.3, 0.4) is 0 Å². The largest absolute Gasteiger partial charge is 0.457 e. The Balaban J connectivity index is 1.30. The molecule has 8 heteroatoms. The Morgan fingerprint density at radius 2 is 1.44 bits per heavy atom. The summed E-state index contributed by atoms with van der Waals surface area (Å²) in [7, 11) is 0. The van der Waals surface area contributed by atoms with Gasteiger partial charge in [0, 0.05) is 11.8 Å². The molecule has 0 atom stereocenters. The first-order valence-corrected chi connectivity index (χ1v) is 10.5. The number of anilines is 1. The molecule has 0 fully saturated rings. The number of benzene rings is 3. The predicted octanol–water partition coefficient (Wildman–Crippen LogP) is 3.88. The number of nitrogens with zero attached hydrogens (tertiary/aromatic N) is 2. The lowest BCUT2D eigenvalue weighted by Gasteiger charge is -2.09. The van der Waals surface area contributed by atoms with Crippen molar-refractivity contribution in [1.82, 2.24) is 9.78 Å². The van der Waals surface area contributed by atoms with Crippen molar-refractivity contribution in [3.05, 3.63) is 119 Å². The second kappa shape index (κ2) is 10.7. The highest BCUT2D eigenvalue weighted by molar-refractivity contribution is 5.94. The Bertz CT molecular complexity index is 1320. The van der Waals surface area contributed by atoms with Crippen LogP contribution < -0.4 is 15.6 Å². The molecule has 0 aliphatic carbocycles. The second-order valence-electron chi connectivity index (χ2n) is 7.26. The molecule has 0 bridgehead atoms. The number of rotatable bonds is 8. The maximum Gasteiger partial charge on any atom is 0.359 e. The van der Waals surface area contributed by atoms with E-state index in [0.717, 1.165) is 5.56 Å². The van der Waals surface area contributed by atoms with Crippen molar-refractivity contribution < 1.29 is 19.1 Å². The first-order valence-electron chi connectivity index (χ1n) is 10.5. The summed E-state index contributed by atoms with van der Waals surface area (Å²) in [4.78, 5) is 36.6. The lowest BCUT2D eigenvalue weighted by molar-refractivity contribution is -0.119. The number of ether oxygens (including phenoxy) is 2. The van der Waals surface area contributed by atoms with Crippen molar-refractivity contribution >= 4 is 17.6 Å². The molecule has 4 aromatic rings. The number of esters is 1. The molecule has 170 valence electrons. The molecule has 0 radical (unpaired) electrons. The monoisotopic (exact) mass is 455 g/mol. The van der Waals surface area contributed by atoms with Gasteiger partial charge in [-0.15, -0.1) is 0 Å². The van der Waals surface area contributed by atoms with Crippen LogP contribution in [0.5, 0.6) is 11.5 Å². The lowest BCUT2D eigenvalue weighted by atomic mass is 10.2. The molecule has 0 saturated heterocycles. The number of nitrogens with one attached hydrogen (secondary N) is 1. The summed E-state index contributed by atoms with van der Waals surface area (Å²) in [6.45, 7) is -0.286. The second-order valence-corrected chi connectivity index (χ2v) is 7.26. The van der Waals surface area contributed by atoms with E-state index in [-0.39, 0.29) is 17.8 Å². The molecule has 0 aliphatic rings. The fraction of sp³-hybridized carbons (Fsp3) is 0.0769. The topological polar surface area (TPSA) is 99.5 Å². The van der Waals surface area contributed by atoms with Gasteiger partial charge in [0.1, 0.15) is 11.5 Å². The van der Waals surface area contributed by atoms with E-state index in [2.05, 4.69) is 10.4 Å². The summed E-state index contributed by atoms with van der Waals surface area (Å²) in [6, 6.07) is 27.9. The average molecular weight is 455 g/mol. The molecule has 0 unspecified atom stereocenters. The van der Waals surface area contributed by atoms with Gasteiger partial charge >= 0.3 is 5.97 Å². The first kappa shape index (κ1) is 22.5. The minimum Gasteiger partial charge on any atom is -0.457 e. The number of carbonyl (C=O) groups excluding carboxylic acids is 2. The van der Waals surface area contributed by atoms with E-state index in [1.165, 1.54) is 16.8 Å². The van der Waals surface area contributed by atoms with E-state index >= 15 is 0 Å². The summed E-state index contributed by atoms with van der Waals surface area (Å²) in [6.07, 6.45) is 0. The zero-order valence-corrected chi connectivity index (χ0v) is 18.1. The Morgan fingerprint density at radius 3 is 2.15 bits per heavy atom. The summed E-state index contributed by atoms with van der Waals surface area (Å²) in [5, 5.41) is 6.70. The highest BCUT2D eigenvalue weighted by atomic mass is 16.5. The van der Waals surface area contributed by atoms with E-state index in [0.29, 0.717) is 17.2 Å². The van der Waals surface area contributed by atoms with Gasteiger partial charge < -0.3 is 14.8 Å². The van der Waals surface area contributed by atoms with Crippen LogP contribution in [0.15, 0.2) is 102 Å². The maximum absolute atomic E-state index is 12.3. The van der Waals surface area contributed by atoms with E-state index in [1.807, 2.05) is 60.7 Å². The Labute approximate surface area is 195 Å². The molecule has 4 rings (SSSR count). The van der Waals surface area contributed by atoms with Crippen LogP contribution in [0, 0.1) is 0 Å². The van der Waals surface area contributed by atoms with Crippen LogP contribution in [0.25, 0.3) is 0 Å². The molecule has 0 saturated carbocycles. The molecular formula is C26H21N3O5. The highest BCUT2D eigenvalue weighted by Gasteiger charge is 2.14. The van der Waals surface area contributed by atoms with Gasteiger partial charge in [-0.2, -0.15) is 5.10 Å². The van der Waals surface area contributed by atoms with Crippen molar-refractivity contribution in [2.45, 2.75) is 6.54 Å². The van der Waals surface area contributed by atoms with Gasteiger partial charge in [0.2, 0.25) is 0 Å². The standard InChI is InChI=1S/C26H21N3O5/c30-24(27-20-11-13-22(14-12-20)34-21-9-5-2-6-10-21)18-33-26(32)23-15-16-25(31)29(28-23)17-19-7-3-1-4-8-19/h1-16H,17-18H2,(H,27,30). The van der Waals surface area contributed by atoms with Crippen molar-refractivity contribution in [2.24, 2.45) is 0 Å². The fourth-order valence-corrected chi connectivity index (χ4v) is 3.06. The number of amides is 1. The number of hydrogen-bond donors (Lipinski definition) is 1. The normalized spacial score (nSPS) is 10.4. The molecule has 0 aliphatic heterocycles. The SMILES string of the molecule is O=C(COC(=O)c1ccc(=O)n(Cc2ccccc2)n1)Nc1ccc(Oc2ccccc2)cc1. The van der Waals surface area contributed by atoms with E-state index in [4.69, 9.17) is 9.47 Å². The Hall–Kier alpha value is -4.72. The molecule has 3 aromatic carbocycles. The smallest absolute Gasteiger partial charge is 0.359 e. The van der Waals surface area contributed by atoms with Crippen LogP contribution in [-0.2, 0) is 16.1 Å². The van der Waals surface area contributed by atoms with E-state index < -0.39 is 18.5 Å². The molecule has 1 amide bonds. The molecule has 1 heterocycles. The summed E-state index contributed by atoms with van der Waals surface area (Å²) >= 11 is 0. The Morgan fingerprint density at radius 1 is 0.794 bits per heavy atom. The van der Waals surface area contributed by atoms with Gasteiger partial charge in [0.05, 0.1) is 6.54 Å². The third-order valence-electron chi connectivity index (χ3n) is 4.70. The van der Waals surface area contributed by atoms with Gasteiger partial charge in [-0.3, -0.25) is 9.59 Å². The maximum atomic E-state index is 12.3. The van der Waals surface area contributed by atoms with Gasteiger partial charge in [-0.1, -0.05) is 48.5 Å². The van der Waals surface area contributed by atoms with Crippen LogP contribution in [0.4, 0.5) is 5.69 Å². The van der Waals surface area contributed by atoms with Gasteiger partial charge in [-0.05, 0) is 48.0 Å². The quantitative estimate of drug-likeness (QED) is 0.405. The molecule has 34 heavy (non-hydrogen) atoms. The van der Waals surface area contributed by atoms with Crippen molar-refractivity contribution in [3.63, 3.8) is 0 Å². The molecular weight excluding hydrogens is 434 g/mol. The summed E-state index contributed by atoms with van der Waals surface area (Å²) in [5.41, 5.74) is 0.974. The zero-order chi connectivity index (χ0) is 23.8. The van der Waals surface area contributed by atoms with Crippen molar-refractivity contribution in [3.8, 4) is 11.5 Å². The van der Waals surface area contributed by atoms with Crippen LogP contribution in [0.2, 0.25) is 0 Å². The van der Waals surface area contributed by atoms with Crippen LogP contribution >= 0.6 is 0 Å². The minimum absolute atomic E-state index is 0.0641. The minimum atomic E-state index is -0.802. The van der Waals surface area contributed by atoms with Crippen LogP contribution in [0.1, 0.15) is 16.1 Å². The van der Waals surface area contributed by atoms with Gasteiger partial charge in [0.15, 0.2) is 12.3 Å². The predicted molar refractivity (Wildman–Crippen MR) is 126 cm³/mol. The summed E-state index contributed by atoms with van der Waals surface area (Å²) in [5.74, 6) is 0.00786. The third-order valence-corrected chi connectivity index (χ3v) is 4.70. The lowest BCUT2D eigenvalue weighted by Crippen LogP contribution is -2.26. The van der Waals surface area contributed by atoms with Crippen molar-refractivity contribution in [1.29, 1.82) is 0 Å². The molecule has 0 spiro atoms. The zero-order valence-electron chi connectivity index (χ0n) is 18.1. The van der Waals surface area contributed by atoms with Gasteiger partial charge in [0.25, 0.3) is 11.5 Å². The van der Waals surface area contributed by atoms with Crippen molar-refractivity contribution in [2.75, 3.05) is 11.9 Å². The first-order chi connectivity index (χ1) is 16.6. The average Bonchev–Trinajstić information content (AvgIpc) is 2.86. The number of hydrogen-bond acceptors (Lipinski definition) is 6. The van der Waals surface area contributed by atoms with Crippen LogP contribution in [-0.4, -0.2) is 28.3 Å². The number of para-hydroxylation sites is 1. The number of carbonyl (C=O) groups is 2. The highest BCUT2D eigenvalue weighted by Crippen LogP contribution is 2.22. The molecule has 1 N–H and O–H groups in total. The molecule has 1 aromatic heterocycles. The number of aromatic nitrogens is 2. The van der Waals surface area contributed by atoms with E-state index in [9.17, 15) is 14.4 Å². The van der Waals surface area contributed by atoms with E-state index in [1.54, 1.807) is 24.3 Å².